The Labute approximate surface area is 224 Å². The van der Waals surface area contributed by atoms with Crippen LogP contribution in [0.3, 0.4) is 0 Å². The zero-order chi connectivity index (χ0) is 27.2. The first kappa shape index (κ1) is 25.0. The highest BCUT2D eigenvalue weighted by molar-refractivity contribution is 5.97. The Hall–Kier alpha value is -5.62. The van der Waals surface area contributed by atoms with E-state index in [1.54, 1.807) is 41.2 Å². The van der Waals surface area contributed by atoms with E-state index in [0.717, 1.165) is 17.7 Å². The van der Waals surface area contributed by atoms with Gasteiger partial charge in [-0.25, -0.2) is 9.36 Å². The highest BCUT2D eigenvalue weighted by atomic mass is 16.3. The Kier molecular flexibility index (Phi) is 7.19. The van der Waals surface area contributed by atoms with Crippen molar-refractivity contribution in [2.24, 2.45) is 10.2 Å². The van der Waals surface area contributed by atoms with Gasteiger partial charge in [0, 0.05) is 23.5 Å². The molecule has 2 heterocycles. The fourth-order valence-corrected chi connectivity index (χ4v) is 4.07. The summed E-state index contributed by atoms with van der Waals surface area (Å²) in [6.07, 6.45) is 6.92. The molecule has 0 N–H and O–H groups in total. The minimum absolute atomic E-state index is 0.278. The molecule has 0 radical (unpaired) electrons. The molecule has 0 spiro atoms. The summed E-state index contributed by atoms with van der Waals surface area (Å²) in [5.74, 6) is -0.479. The average Bonchev–Trinajstić information content (AvgIpc) is 3.63. The molecule has 2 aromatic heterocycles. The third-order valence-corrected chi connectivity index (χ3v) is 6.15. The quantitative estimate of drug-likeness (QED) is 0.158. The second kappa shape index (κ2) is 11.2. The topological polar surface area (TPSA) is 124 Å². The molecule has 0 aliphatic rings. The largest absolute Gasteiger partial charge is 0.858 e. The van der Waals surface area contributed by atoms with Crippen LogP contribution in [0, 0.1) is 16.2 Å². The van der Waals surface area contributed by atoms with Crippen LogP contribution in [0.25, 0.3) is 28.7 Å². The lowest BCUT2D eigenvalue weighted by molar-refractivity contribution is -0.212. The van der Waals surface area contributed by atoms with Gasteiger partial charge in [0.1, 0.15) is 17.5 Å². The SMILES string of the molecule is CCc1ccc(-n2cc(C([O-])=N/C=C/c3c(C#N)cnn3-c3ccc(N=O)cc3)c(-c3ccccc3)n2)cc1. The molecule has 0 aliphatic carbocycles. The average molecular weight is 513 g/mol. The van der Waals surface area contributed by atoms with Gasteiger partial charge in [0.15, 0.2) is 0 Å². The number of aliphatic imine (C=N–C) groups is 1. The molecule has 0 fully saturated rings. The lowest BCUT2D eigenvalue weighted by Crippen LogP contribution is -2.18. The van der Waals surface area contributed by atoms with Crippen molar-refractivity contribution >= 4 is 17.7 Å². The van der Waals surface area contributed by atoms with Crippen molar-refractivity contribution in [1.29, 1.82) is 5.26 Å². The van der Waals surface area contributed by atoms with Crippen molar-refractivity contribution in [3.8, 4) is 28.7 Å². The molecule has 9 nitrogen and oxygen atoms in total. The molecule has 190 valence electrons. The van der Waals surface area contributed by atoms with Gasteiger partial charge in [0.25, 0.3) is 0 Å². The van der Waals surface area contributed by atoms with Crippen molar-refractivity contribution in [2.75, 3.05) is 0 Å². The van der Waals surface area contributed by atoms with Gasteiger partial charge in [-0.1, -0.05) is 49.4 Å². The maximum Gasteiger partial charge on any atom is 0.108 e. The van der Waals surface area contributed by atoms with Crippen LogP contribution < -0.4 is 5.11 Å². The molecule has 39 heavy (non-hydrogen) atoms. The standard InChI is InChI=1S/C30H23N7O2/c1-2-21-8-12-25(13-9-21)36-20-27(29(34-36)22-6-4-3-5-7-22)30(38)32-17-16-28-23(18-31)19-33-37(28)26-14-10-24(35-39)11-15-26/h3-17,19-20H,2H2,1H3,(H,32,38)/p-1/b17-16+. The van der Waals surface area contributed by atoms with E-state index in [1.807, 2.05) is 54.6 Å². The van der Waals surface area contributed by atoms with E-state index < -0.39 is 5.90 Å². The van der Waals surface area contributed by atoms with Gasteiger partial charge < -0.3 is 5.11 Å². The summed E-state index contributed by atoms with van der Waals surface area (Å²) in [5.41, 5.74) is 5.34. The van der Waals surface area contributed by atoms with Crippen LogP contribution in [0.15, 0.2) is 108 Å². The Morgan fingerprint density at radius 2 is 1.74 bits per heavy atom. The van der Waals surface area contributed by atoms with Crippen LogP contribution in [0.2, 0.25) is 0 Å². The fourth-order valence-electron chi connectivity index (χ4n) is 4.07. The van der Waals surface area contributed by atoms with E-state index in [9.17, 15) is 15.3 Å². The molecule has 5 aromatic rings. The number of nitriles is 1. The molecule has 5 rings (SSSR count). The number of nitrogens with zero attached hydrogens (tertiary/aromatic N) is 7. The predicted octanol–water partition coefficient (Wildman–Crippen LogP) is 5.33. The highest BCUT2D eigenvalue weighted by Gasteiger charge is 2.13. The molecule has 0 aliphatic heterocycles. The molecule has 9 heteroatoms. The van der Waals surface area contributed by atoms with Crippen molar-refractivity contribution in [3.63, 3.8) is 0 Å². The second-order valence-electron chi connectivity index (χ2n) is 8.55. The summed E-state index contributed by atoms with van der Waals surface area (Å²) in [7, 11) is 0. The van der Waals surface area contributed by atoms with E-state index in [1.165, 1.54) is 22.6 Å². The minimum Gasteiger partial charge on any atom is -0.858 e. The predicted molar refractivity (Wildman–Crippen MR) is 148 cm³/mol. The number of aromatic nitrogens is 4. The van der Waals surface area contributed by atoms with Crippen LogP contribution in [0.1, 0.15) is 29.3 Å². The Bertz CT molecular complexity index is 1710. The molecule has 3 aromatic carbocycles. The van der Waals surface area contributed by atoms with Crippen LogP contribution in [-0.4, -0.2) is 25.5 Å². The summed E-state index contributed by atoms with van der Waals surface area (Å²) < 4.78 is 3.20. The summed E-state index contributed by atoms with van der Waals surface area (Å²) in [5, 5.41) is 34.7. The number of rotatable bonds is 8. The number of benzene rings is 3. The summed E-state index contributed by atoms with van der Waals surface area (Å²) in [4.78, 5) is 14.9. The van der Waals surface area contributed by atoms with Crippen LogP contribution in [0.4, 0.5) is 5.69 Å². The van der Waals surface area contributed by atoms with Crippen molar-refractivity contribution in [1.82, 2.24) is 19.6 Å². The first-order valence-electron chi connectivity index (χ1n) is 12.2. The first-order valence-corrected chi connectivity index (χ1v) is 12.2. The Morgan fingerprint density at radius 1 is 1.03 bits per heavy atom. The Balaban J connectivity index is 1.51. The highest BCUT2D eigenvalue weighted by Crippen LogP contribution is 2.24. The maximum atomic E-state index is 13.3. The smallest absolute Gasteiger partial charge is 0.108 e. The van der Waals surface area contributed by atoms with E-state index in [4.69, 9.17) is 5.10 Å². The summed E-state index contributed by atoms with van der Waals surface area (Å²) in [6.45, 7) is 2.09. The van der Waals surface area contributed by atoms with Crippen molar-refractivity contribution in [3.05, 3.63) is 125 Å². The lowest BCUT2D eigenvalue weighted by atomic mass is 10.1. The Morgan fingerprint density at radius 3 is 2.41 bits per heavy atom. The normalized spacial score (nSPS) is 11.5. The summed E-state index contributed by atoms with van der Waals surface area (Å²) >= 11 is 0. The number of hydrogen-bond acceptors (Lipinski definition) is 7. The van der Waals surface area contributed by atoms with Gasteiger partial charge in [-0.3, -0.25) is 4.99 Å². The molecular formula is C30H22N7O2-. The summed E-state index contributed by atoms with van der Waals surface area (Å²) in [6, 6.07) is 26.0. The molecule has 0 saturated carbocycles. The van der Waals surface area contributed by atoms with E-state index >= 15 is 0 Å². The van der Waals surface area contributed by atoms with Gasteiger partial charge in [-0.2, -0.15) is 15.5 Å². The van der Waals surface area contributed by atoms with Crippen LogP contribution >= 0.6 is 0 Å². The van der Waals surface area contributed by atoms with Crippen LogP contribution in [-0.2, 0) is 6.42 Å². The van der Waals surface area contributed by atoms with Gasteiger partial charge in [-0.15, -0.1) is 4.91 Å². The van der Waals surface area contributed by atoms with Crippen molar-refractivity contribution in [2.45, 2.75) is 13.3 Å². The van der Waals surface area contributed by atoms with E-state index in [-0.39, 0.29) is 5.69 Å². The number of nitroso groups, excluding NO2 is 1. The zero-order valence-electron chi connectivity index (χ0n) is 21.0. The van der Waals surface area contributed by atoms with Gasteiger partial charge in [0.05, 0.1) is 28.8 Å². The molecule has 0 unspecified atom stereocenters. The van der Waals surface area contributed by atoms with Crippen molar-refractivity contribution < 1.29 is 5.11 Å². The van der Waals surface area contributed by atoms with E-state index in [0.29, 0.717) is 28.2 Å². The second-order valence-corrected chi connectivity index (χ2v) is 8.55. The maximum absolute atomic E-state index is 13.3. The minimum atomic E-state index is -0.479. The van der Waals surface area contributed by atoms with Crippen LogP contribution in [0.5, 0.6) is 0 Å². The molecule has 0 saturated heterocycles. The lowest BCUT2D eigenvalue weighted by Gasteiger charge is -2.09. The number of aryl methyl sites for hydroxylation is 1. The zero-order valence-corrected chi connectivity index (χ0v) is 21.0. The molecule has 0 amide bonds. The molecule has 0 bridgehead atoms. The fraction of sp³-hybridized carbons (Fsp3) is 0.0667. The monoisotopic (exact) mass is 512 g/mol. The van der Waals surface area contributed by atoms with Gasteiger partial charge in [-0.05, 0) is 65.5 Å². The number of hydrogen-bond donors (Lipinski definition) is 0. The third kappa shape index (κ3) is 5.26. The first-order chi connectivity index (χ1) is 19.1. The molecule has 0 atom stereocenters. The van der Waals surface area contributed by atoms with E-state index in [2.05, 4.69) is 28.3 Å². The third-order valence-electron chi connectivity index (χ3n) is 6.15. The van der Waals surface area contributed by atoms with Gasteiger partial charge in [0.2, 0.25) is 0 Å². The molecular weight excluding hydrogens is 490 g/mol. The van der Waals surface area contributed by atoms with Gasteiger partial charge >= 0.3 is 0 Å².